The Bertz CT molecular complexity index is 747. The molecule has 1 N–H and O–H groups in total. The van der Waals surface area contributed by atoms with Crippen molar-refractivity contribution in [1.29, 1.82) is 0 Å². The molecule has 1 aromatic carbocycles. The molecule has 1 saturated heterocycles. The second-order valence-electron chi connectivity index (χ2n) is 7.04. The lowest BCUT2D eigenvalue weighted by Gasteiger charge is -2.35. The van der Waals surface area contributed by atoms with Crippen LogP contribution in [0.1, 0.15) is 35.0 Å². The van der Waals surface area contributed by atoms with E-state index >= 15 is 0 Å². The number of rotatable bonds is 8. The third kappa shape index (κ3) is 5.11. The summed E-state index contributed by atoms with van der Waals surface area (Å²) in [5.74, 6) is 1.65. The number of nitrogens with one attached hydrogen (secondary N) is 1. The molecule has 1 aromatic heterocycles. The van der Waals surface area contributed by atoms with Crippen molar-refractivity contribution in [2.45, 2.75) is 32.7 Å². The number of amides is 1. The summed E-state index contributed by atoms with van der Waals surface area (Å²) in [4.78, 5) is 14.8. The average Bonchev–Trinajstić information content (AvgIpc) is 3.05. The van der Waals surface area contributed by atoms with E-state index < -0.39 is 0 Å². The molecule has 1 aliphatic heterocycles. The lowest BCUT2D eigenvalue weighted by molar-refractivity contribution is -0.121. The molecular formula is C21H29N3O4. The number of carbonyl (C=O) groups is 1. The van der Waals surface area contributed by atoms with Crippen molar-refractivity contribution in [1.82, 2.24) is 15.4 Å². The second kappa shape index (κ2) is 9.71. The second-order valence-corrected chi connectivity index (χ2v) is 7.04. The van der Waals surface area contributed by atoms with Gasteiger partial charge in [0.1, 0.15) is 11.5 Å². The van der Waals surface area contributed by atoms with Gasteiger partial charge in [-0.15, -0.1) is 0 Å². The van der Waals surface area contributed by atoms with Gasteiger partial charge in [-0.2, -0.15) is 0 Å². The molecule has 1 aliphatic rings. The highest BCUT2D eigenvalue weighted by molar-refractivity contribution is 5.76. The molecule has 2 aromatic rings. The number of hydrogen-bond donors (Lipinski definition) is 1. The first-order valence-corrected chi connectivity index (χ1v) is 9.72. The van der Waals surface area contributed by atoms with Crippen LogP contribution in [-0.4, -0.2) is 55.9 Å². The van der Waals surface area contributed by atoms with Crippen LogP contribution in [0.15, 0.2) is 28.8 Å². The molecule has 28 heavy (non-hydrogen) atoms. The number of ether oxygens (including phenoxy) is 2. The number of carbonyl (C=O) groups excluding carboxylic acids is 1. The van der Waals surface area contributed by atoms with Crippen molar-refractivity contribution in [3.8, 4) is 5.75 Å². The Kier molecular flexibility index (Phi) is 7.06. The van der Waals surface area contributed by atoms with Gasteiger partial charge in [0, 0.05) is 31.6 Å². The summed E-state index contributed by atoms with van der Waals surface area (Å²) in [5, 5.41) is 7.05. The van der Waals surface area contributed by atoms with E-state index in [1.54, 1.807) is 7.11 Å². The minimum Gasteiger partial charge on any atom is -0.497 e. The first kappa shape index (κ1) is 20.4. The van der Waals surface area contributed by atoms with Gasteiger partial charge in [-0.25, -0.2) is 0 Å². The molecule has 152 valence electrons. The van der Waals surface area contributed by atoms with Crippen LogP contribution >= 0.6 is 0 Å². The van der Waals surface area contributed by atoms with Gasteiger partial charge in [-0.1, -0.05) is 17.3 Å². The van der Waals surface area contributed by atoms with Gasteiger partial charge >= 0.3 is 0 Å². The first-order chi connectivity index (χ1) is 13.6. The van der Waals surface area contributed by atoms with Gasteiger partial charge < -0.3 is 19.3 Å². The van der Waals surface area contributed by atoms with Gasteiger partial charge in [-0.05, 0) is 38.0 Å². The number of methoxy groups -OCH3 is 1. The lowest BCUT2D eigenvalue weighted by atomic mass is 10.0. The summed E-state index contributed by atoms with van der Waals surface area (Å²) in [5.41, 5.74) is 3.04. The molecule has 0 unspecified atom stereocenters. The van der Waals surface area contributed by atoms with E-state index in [-0.39, 0.29) is 11.9 Å². The molecule has 7 nitrogen and oxygen atoms in total. The molecular weight excluding hydrogens is 358 g/mol. The molecule has 1 atom stereocenters. The monoisotopic (exact) mass is 387 g/mol. The predicted octanol–water partition coefficient (Wildman–Crippen LogP) is 2.42. The van der Waals surface area contributed by atoms with Crippen LogP contribution in [-0.2, 0) is 16.0 Å². The number of hydrogen-bond acceptors (Lipinski definition) is 6. The number of morpholine rings is 1. The zero-order valence-corrected chi connectivity index (χ0v) is 16.9. The predicted molar refractivity (Wildman–Crippen MR) is 105 cm³/mol. The smallest absolute Gasteiger partial charge is 0.220 e. The van der Waals surface area contributed by atoms with Gasteiger partial charge in [-0.3, -0.25) is 9.69 Å². The molecule has 3 rings (SSSR count). The lowest BCUT2D eigenvalue weighted by Crippen LogP contribution is -2.43. The SMILES string of the molecule is COc1ccc([C@H](CNC(=O)CCc2c(C)noc2C)N2CCOCC2)cc1. The maximum atomic E-state index is 12.5. The third-order valence-corrected chi connectivity index (χ3v) is 5.26. The van der Waals surface area contributed by atoms with E-state index in [1.165, 1.54) is 0 Å². The van der Waals surface area contributed by atoms with Crippen LogP contribution in [0, 0.1) is 13.8 Å². The first-order valence-electron chi connectivity index (χ1n) is 9.72. The summed E-state index contributed by atoms with van der Waals surface area (Å²) in [6.45, 7) is 7.48. The average molecular weight is 387 g/mol. The van der Waals surface area contributed by atoms with E-state index in [1.807, 2.05) is 26.0 Å². The highest BCUT2D eigenvalue weighted by Gasteiger charge is 2.23. The largest absolute Gasteiger partial charge is 0.497 e. The molecule has 2 heterocycles. The fraction of sp³-hybridized carbons (Fsp3) is 0.524. The van der Waals surface area contributed by atoms with E-state index in [9.17, 15) is 4.79 Å². The van der Waals surface area contributed by atoms with Crippen molar-refractivity contribution in [2.24, 2.45) is 0 Å². The van der Waals surface area contributed by atoms with Crippen LogP contribution in [0.25, 0.3) is 0 Å². The Labute approximate surface area is 166 Å². The summed E-state index contributed by atoms with van der Waals surface area (Å²) < 4.78 is 15.9. The Morgan fingerprint density at radius 1 is 1.25 bits per heavy atom. The molecule has 0 spiro atoms. The minimum atomic E-state index is 0.0340. The minimum absolute atomic E-state index is 0.0340. The summed E-state index contributed by atoms with van der Waals surface area (Å²) in [7, 11) is 1.66. The molecule has 1 fully saturated rings. The number of aryl methyl sites for hydroxylation is 2. The Morgan fingerprint density at radius 2 is 1.96 bits per heavy atom. The van der Waals surface area contributed by atoms with E-state index in [0.29, 0.717) is 32.6 Å². The number of aromatic nitrogens is 1. The molecule has 0 saturated carbocycles. The van der Waals surface area contributed by atoms with Crippen LogP contribution in [0.2, 0.25) is 0 Å². The summed E-state index contributed by atoms with van der Waals surface area (Å²) in [6.07, 6.45) is 1.05. The quantitative estimate of drug-likeness (QED) is 0.750. The molecule has 0 bridgehead atoms. The van der Waals surface area contributed by atoms with Crippen molar-refractivity contribution < 1.29 is 18.8 Å². The molecule has 7 heteroatoms. The third-order valence-electron chi connectivity index (χ3n) is 5.26. The highest BCUT2D eigenvalue weighted by Crippen LogP contribution is 2.24. The Morgan fingerprint density at radius 3 is 2.57 bits per heavy atom. The van der Waals surface area contributed by atoms with Crippen molar-refractivity contribution in [3.05, 3.63) is 46.8 Å². The number of benzene rings is 1. The zero-order valence-electron chi connectivity index (χ0n) is 16.9. The maximum Gasteiger partial charge on any atom is 0.220 e. The van der Waals surface area contributed by atoms with E-state index in [2.05, 4.69) is 27.5 Å². The van der Waals surface area contributed by atoms with Gasteiger partial charge in [0.15, 0.2) is 0 Å². The van der Waals surface area contributed by atoms with E-state index in [0.717, 1.165) is 41.4 Å². The van der Waals surface area contributed by atoms with Crippen molar-refractivity contribution in [2.75, 3.05) is 40.0 Å². The number of nitrogens with zero attached hydrogens (tertiary/aromatic N) is 2. The fourth-order valence-electron chi connectivity index (χ4n) is 3.57. The van der Waals surface area contributed by atoms with E-state index in [4.69, 9.17) is 14.0 Å². The van der Waals surface area contributed by atoms with Crippen LogP contribution < -0.4 is 10.1 Å². The standard InChI is InChI=1S/C21H29N3O4/c1-15-19(16(2)28-23-15)8-9-21(25)22-14-20(24-10-12-27-13-11-24)17-4-6-18(26-3)7-5-17/h4-7,20H,8-14H2,1-3H3,(H,22,25)/t20-/m0/s1. The maximum absolute atomic E-state index is 12.5. The molecule has 0 aliphatic carbocycles. The van der Waals surface area contributed by atoms with Crippen LogP contribution in [0.5, 0.6) is 5.75 Å². The van der Waals surface area contributed by atoms with Crippen molar-refractivity contribution >= 4 is 5.91 Å². The molecule has 1 amide bonds. The highest BCUT2D eigenvalue weighted by atomic mass is 16.5. The van der Waals surface area contributed by atoms with Crippen LogP contribution in [0.4, 0.5) is 0 Å². The summed E-state index contributed by atoms with van der Waals surface area (Å²) >= 11 is 0. The Balaban J connectivity index is 1.61. The van der Waals surface area contributed by atoms with Gasteiger partial charge in [0.2, 0.25) is 5.91 Å². The van der Waals surface area contributed by atoms with Crippen molar-refractivity contribution in [3.63, 3.8) is 0 Å². The summed E-state index contributed by atoms with van der Waals surface area (Å²) in [6, 6.07) is 8.16. The topological polar surface area (TPSA) is 76.8 Å². The van der Waals surface area contributed by atoms with Gasteiger partial charge in [0.25, 0.3) is 0 Å². The fourth-order valence-corrected chi connectivity index (χ4v) is 3.57. The zero-order chi connectivity index (χ0) is 19.9. The van der Waals surface area contributed by atoms with Gasteiger partial charge in [0.05, 0.1) is 32.1 Å². The normalized spacial score (nSPS) is 16.0. The Hall–Kier alpha value is -2.38. The van der Waals surface area contributed by atoms with Crippen LogP contribution in [0.3, 0.4) is 0 Å². The molecule has 0 radical (unpaired) electrons.